The van der Waals surface area contributed by atoms with Crippen molar-refractivity contribution in [1.29, 1.82) is 0 Å². The van der Waals surface area contributed by atoms with Crippen LogP contribution in [0.3, 0.4) is 0 Å². The molecular weight excluding hydrogens is 286 g/mol. The highest BCUT2D eigenvalue weighted by Gasteiger charge is 2.18. The van der Waals surface area contributed by atoms with Gasteiger partial charge in [0.15, 0.2) is 5.82 Å². The Bertz CT molecular complexity index is 615. The van der Waals surface area contributed by atoms with Crippen LogP contribution in [0.15, 0.2) is 10.9 Å². The normalized spacial score (nSPS) is 12.4. The third-order valence-corrected chi connectivity index (χ3v) is 3.47. The number of hydrogen-bond donors (Lipinski definition) is 1. The summed E-state index contributed by atoms with van der Waals surface area (Å²) in [7, 11) is 1.64. The molecular formula is C14H21N5O3. The molecule has 2 heterocycles. The average molecular weight is 307 g/mol. The van der Waals surface area contributed by atoms with Gasteiger partial charge in [0.05, 0.1) is 24.8 Å². The van der Waals surface area contributed by atoms with E-state index in [2.05, 4.69) is 20.7 Å². The number of hydrogen-bond acceptors (Lipinski definition) is 6. The number of ether oxygens (including phenoxy) is 1. The van der Waals surface area contributed by atoms with Crippen molar-refractivity contribution in [2.24, 2.45) is 0 Å². The first kappa shape index (κ1) is 16.2. The van der Waals surface area contributed by atoms with Crippen LogP contribution < -0.4 is 5.32 Å². The second kappa shape index (κ2) is 7.17. The molecule has 0 saturated heterocycles. The lowest BCUT2D eigenvalue weighted by atomic mass is 10.1. The topological polar surface area (TPSA) is 95.1 Å². The van der Waals surface area contributed by atoms with Crippen LogP contribution in [-0.2, 0) is 22.5 Å². The number of nitrogens with one attached hydrogen (secondary N) is 1. The number of carbonyl (C=O) groups is 1. The van der Waals surface area contributed by atoms with E-state index in [1.165, 1.54) is 0 Å². The van der Waals surface area contributed by atoms with Crippen LogP contribution in [0, 0.1) is 13.8 Å². The number of amides is 1. The van der Waals surface area contributed by atoms with Gasteiger partial charge >= 0.3 is 0 Å². The van der Waals surface area contributed by atoms with Gasteiger partial charge in [-0.25, -0.2) is 0 Å². The van der Waals surface area contributed by atoms with E-state index >= 15 is 0 Å². The van der Waals surface area contributed by atoms with Gasteiger partial charge in [-0.15, -0.1) is 10.2 Å². The van der Waals surface area contributed by atoms with Gasteiger partial charge in [-0.1, -0.05) is 5.16 Å². The second-order valence-electron chi connectivity index (χ2n) is 5.14. The Morgan fingerprint density at radius 1 is 1.50 bits per heavy atom. The van der Waals surface area contributed by atoms with Crippen molar-refractivity contribution in [2.75, 3.05) is 13.7 Å². The third-order valence-electron chi connectivity index (χ3n) is 3.47. The maximum atomic E-state index is 12.2. The first-order valence-electron chi connectivity index (χ1n) is 7.10. The summed E-state index contributed by atoms with van der Waals surface area (Å²) in [5, 5.41) is 14.7. The molecule has 0 spiro atoms. The molecule has 2 aromatic rings. The number of rotatable bonds is 7. The van der Waals surface area contributed by atoms with Gasteiger partial charge in [-0.2, -0.15) is 0 Å². The SMILES string of the molecule is COCCn1cnnc1C(C)NC(=O)Cc1c(C)noc1C. The molecule has 1 atom stereocenters. The number of carbonyl (C=O) groups excluding carboxylic acids is 1. The van der Waals surface area contributed by atoms with Crippen molar-refractivity contribution in [2.45, 2.75) is 39.8 Å². The zero-order valence-electron chi connectivity index (χ0n) is 13.3. The smallest absolute Gasteiger partial charge is 0.225 e. The van der Waals surface area contributed by atoms with Crippen LogP contribution in [0.4, 0.5) is 0 Å². The number of methoxy groups -OCH3 is 1. The number of nitrogens with zero attached hydrogens (tertiary/aromatic N) is 4. The highest BCUT2D eigenvalue weighted by atomic mass is 16.5. The molecule has 120 valence electrons. The van der Waals surface area contributed by atoms with E-state index in [0.29, 0.717) is 24.7 Å². The van der Waals surface area contributed by atoms with Crippen LogP contribution in [0.1, 0.15) is 35.8 Å². The first-order chi connectivity index (χ1) is 10.5. The molecule has 1 N–H and O–H groups in total. The molecule has 0 bridgehead atoms. The molecule has 1 amide bonds. The fraction of sp³-hybridized carbons (Fsp3) is 0.571. The Morgan fingerprint density at radius 2 is 2.27 bits per heavy atom. The molecule has 0 fully saturated rings. The maximum absolute atomic E-state index is 12.2. The minimum Gasteiger partial charge on any atom is -0.383 e. The van der Waals surface area contributed by atoms with Gasteiger partial charge in [0.1, 0.15) is 12.1 Å². The molecule has 0 aliphatic carbocycles. The molecule has 2 aromatic heterocycles. The molecule has 8 heteroatoms. The number of aromatic nitrogens is 4. The zero-order chi connectivity index (χ0) is 16.1. The molecule has 0 aliphatic rings. The quantitative estimate of drug-likeness (QED) is 0.818. The van der Waals surface area contributed by atoms with Crippen LogP contribution in [0.5, 0.6) is 0 Å². The molecule has 0 aromatic carbocycles. The van der Waals surface area contributed by atoms with E-state index in [1.807, 2.05) is 18.4 Å². The van der Waals surface area contributed by atoms with E-state index in [-0.39, 0.29) is 18.4 Å². The van der Waals surface area contributed by atoms with E-state index in [0.717, 1.165) is 11.3 Å². The monoisotopic (exact) mass is 307 g/mol. The van der Waals surface area contributed by atoms with Crippen LogP contribution in [0.2, 0.25) is 0 Å². The molecule has 8 nitrogen and oxygen atoms in total. The Kier molecular flexibility index (Phi) is 5.26. The fourth-order valence-corrected chi connectivity index (χ4v) is 2.23. The van der Waals surface area contributed by atoms with Crippen molar-refractivity contribution in [3.63, 3.8) is 0 Å². The summed E-state index contributed by atoms with van der Waals surface area (Å²) in [6.45, 7) is 6.70. The molecule has 0 saturated carbocycles. The van der Waals surface area contributed by atoms with Crippen molar-refractivity contribution in [1.82, 2.24) is 25.2 Å². The highest BCUT2D eigenvalue weighted by molar-refractivity contribution is 5.79. The van der Waals surface area contributed by atoms with Crippen molar-refractivity contribution in [3.05, 3.63) is 29.2 Å². The van der Waals surface area contributed by atoms with Gasteiger partial charge in [0, 0.05) is 19.2 Å². The van der Waals surface area contributed by atoms with Crippen LogP contribution >= 0.6 is 0 Å². The van der Waals surface area contributed by atoms with E-state index in [9.17, 15) is 4.79 Å². The van der Waals surface area contributed by atoms with Gasteiger partial charge in [0.2, 0.25) is 5.91 Å². The van der Waals surface area contributed by atoms with Crippen molar-refractivity contribution in [3.8, 4) is 0 Å². The predicted octanol–water partition coefficient (Wildman–Crippen LogP) is 0.949. The van der Waals surface area contributed by atoms with E-state index in [1.54, 1.807) is 20.4 Å². The largest absolute Gasteiger partial charge is 0.383 e. The summed E-state index contributed by atoms with van der Waals surface area (Å²) < 4.78 is 12.0. The summed E-state index contributed by atoms with van der Waals surface area (Å²) in [5.74, 6) is 1.26. The Morgan fingerprint density at radius 3 is 2.91 bits per heavy atom. The summed E-state index contributed by atoms with van der Waals surface area (Å²) in [6.07, 6.45) is 1.86. The second-order valence-corrected chi connectivity index (χ2v) is 5.14. The van der Waals surface area contributed by atoms with Crippen molar-refractivity contribution < 1.29 is 14.1 Å². The predicted molar refractivity (Wildman–Crippen MR) is 78.1 cm³/mol. The minimum atomic E-state index is -0.243. The van der Waals surface area contributed by atoms with Crippen molar-refractivity contribution >= 4 is 5.91 Å². The average Bonchev–Trinajstić information content (AvgIpc) is 3.06. The highest BCUT2D eigenvalue weighted by Crippen LogP contribution is 2.14. The standard InChI is InChI=1S/C14H21N5O3/c1-9-12(11(3)22-18-9)7-13(20)16-10(2)14-17-15-8-19(14)5-6-21-4/h8,10H,5-7H2,1-4H3,(H,16,20). The first-order valence-corrected chi connectivity index (χ1v) is 7.10. The van der Waals surface area contributed by atoms with Crippen LogP contribution in [-0.4, -0.2) is 39.5 Å². The molecule has 0 radical (unpaired) electrons. The Balaban J connectivity index is 1.98. The summed E-state index contributed by atoms with van der Waals surface area (Å²) in [6, 6.07) is -0.243. The lowest BCUT2D eigenvalue weighted by molar-refractivity contribution is -0.121. The summed E-state index contributed by atoms with van der Waals surface area (Å²) in [5.41, 5.74) is 1.56. The lowest BCUT2D eigenvalue weighted by Gasteiger charge is -2.14. The third kappa shape index (κ3) is 3.70. The molecule has 22 heavy (non-hydrogen) atoms. The van der Waals surface area contributed by atoms with Gasteiger partial charge in [0.25, 0.3) is 0 Å². The van der Waals surface area contributed by atoms with Crippen LogP contribution in [0.25, 0.3) is 0 Å². The van der Waals surface area contributed by atoms with Gasteiger partial charge in [-0.05, 0) is 20.8 Å². The summed E-state index contributed by atoms with van der Waals surface area (Å²) >= 11 is 0. The lowest BCUT2D eigenvalue weighted by Crippen LogP contribution is -2.30. The Hall–Kier alpha value is -2.22. The number of aryl methyl sites for hydroxylation is 2. The van der Waals surface area contributed by atoms with E-state index in [4.69, 9.17) is 9.26 Å². The van der Waals surface area contributed by atoms with E-state index < -0.39 is 0 Å². The zero-order valence-corrected chi connectivity index (χ0v) is 13.3. The fourth-order valence-electron chi connectivity index (χ4n) is 2.23. The minimum absolute atomic E-state index is 0.108. The molecule has 2 rings (SSSR count). The van der Waals surface area contributed by atoms with Gasteiger partial charge < -0.3 is 19.1 Å². The molecule has 1 unspecified atom stereocenters. The summed E-state index contributed by atoms with van der Waals surface area (Å²) in [4.78, 5) is 12.2. The Labute approximate surface area is 128 Å². The molecule has 0 aliphatic heterocycles. The van der Waals surface area contributed by atoms with Gasteiger partial charge in [-0.3, -0.25) is 4.79 Å². The maximum Gasteiger partial charge on any atom is 0.225 e.